The molecule has 0 atom stereocenters. The van der Waals surface area contributed by atoms with E-state index in [-0.39, 0.29) is 5.76 Å². The van der Waals surface area contributed by atoms with Crippen LogP contribution < -0.4 is 5.32 Å². The Bertz CT molecular complexity index is 902. The Morgan fingerprint density at radius 1 is 1.21 bits per heavy atom. The number of halogens is 1. The molecular formula is C16H12FN3O4. The number of amides is 1. The SMILES string of the molecule is O=C(Nc1noc2c1COCC2)c1cc(-c2cccc(F)c2)no1. The highest BCUT2D eigenvalue weighted by Gasteiger charge is 2.23. The average Bonchev–Trinajstić information content (AvgIpc) is 3.23. The van der Waals surface area contributed by atoms with Crippen molar-refractivity contribution < 1.29 is 23.0 Å². The van der Waals surface area contributed by atoms with Gasteiger partial charge in [-0.05, 0) is 12.1 Å². The van der Waals surface area contributed by atoms with E-state index in [2.05, 4.69) is 15.6 Å². The van der Waals surface area contributed by atoms with E-state index < -0.39 is 11.7 Å². The first-order valence-electron chi connectivity index (χ1n) is 7.30. The molecule has 4 rings (SSSR count). The summed E-state index contributed by atoms with van der Waals surface area (Å²) in [4.78, 5) is 12.3. The highest BCUT2D eigenvalue weighted by atomic mass is 19.1. The van der Waals surface area contributed by atoms with Crippen LogP contribution in [0.25, 0.3) is 11.3 Å². The molecule has 3 aromatic rings. The predicted octanol–water partition coefficient (Wildman–Crippen LogP) is 2.79. The molecule has 1 amide bonds. The Hall–Kier alpha value is -3.00. The zero-order chi connectivity index (χ0) is 16.5. The highest BCUT2D eigenvalue weighted by Crippen LogP contribution is 2.25. The van der Waals surface area contributed by atoms with E-state index in [1.165, 1.54) is 18.2 Å². The zero-order valence-corrected chi connectivity index (χ0v) is 12.4. The fourth-order valence-electron chi connectivity index (χ4n) is 2.46. The van der Waals surface area contributed by atoms with Crippen molar-refractivity contribution in [2.45, 2.75) is 13.0 Å². The number of nitrogens with one attached hydrogen (secondary N) is 1. The van der Waals surface area contributed by atoms with Gasteiger partial charge in [0.15, 0.2) is 5.82 Å². The summed E-state index contributed by atoms with van der Waals surface area (Å²) in [6.45, 7) is 0.897. The lowest BCUT2D eigenvalue weighted by molar-refractivity contribution is 0.0984. The number of carbonyl (C=O) groups excluding carboxylic acids is 1. The molecule has 2 aromatic heterocycles. The second kappa shape index (κ2) is 5.89. The minimum Gasteiger partial charge on any atom is -0.376 e. The molecule has 1 aliphatic rings. The van der Waals surface area contributed by atoms with Gasteiger partial charge in [0, 0.05) is 18.1 Å². The van der Waals surface area contributed by atoms with Crippen molar-refractivity contribution in [3.8, 4) is 11.3 Å². The number of anilines is 1. The van der Waals surface area contributed by atoms with E-state index in [0.717, 1.165) is 5.56 Å². The maximum absolute atomic E-state index is 13.3. The number of rotatable bonds is 3. The molecule has 0 fully saturated rings. The van der Waals surface area contributed by atoms with Crippen molar-refractivity contribution in [1.82, 2.24) is 10.3 Å². The van der Waals surface area contributed by atoms with Crippen molar-refractivity contribution >= 4 is 11.7 Å². The van der Waals surface area contributed by atoms with Gasteiger partial charge in [-0.3, -0.25) is 4.79 Å². The summed E-state index contributed by atoms with van der Waals surface area (Å²) in [5.74, 6) is 0.0817. The summed E-state index contributed by atoms with van der Waals surface area (Å²) in [5, 5.41) is 10.2. The van der Waals surface area contributed by atoms with Gasteiger partial charge < -0.3 is 19.1 Å². The van der Waals surface area contributed by atoms with Crippen molar-refractivity contribution in [2.75, 3.05) is 11.9 Å². The van der Waals surface area contributed by atoms with Crippen LogP contribution >= 0.6 is 0 Å². The highest BCUT2D eigenvalue weighted by molar-refractivity contribution is 6.02. The van der Waals surface area contributed by atoms with Crippen LogP contribution in [0.1, 0.15) is 21.9 Å². The molecule has 1 aliphatic heterocycles. The lowest BCUT2D eigenvalue weighted by atomic mass is 10.1. The summed E-state index contributed by atoms with van der Waals surface area (Å²) in [7, 11) is 0. The first kappa shape index (κ1) is 14.6. The number of hydrogen-bond donors (Lipinski definition) is 1. The number of fused-ring (bicyclic) bond motifs is 1. The molecule has 3 heterocycles. The van der Waals surface area contributed by atoms with Crippen LogP contribution in [-0.4, -0.2) is 22.8 Å². The van der Waals surface area contributed by atoms with Gasteiger partial charge in [-0.25, -0.2) is 4.39 Å². The van der Waals surface area contributed by atoms with E-state index in [0.29, 0.717) is 42.5 Å². The maximum Gasteiger partial charge on any atom is 0.295 e. The Balaban J connectivity index is 1.54. The van der Waals surface area contributed by atoms with Crippen LogP contribution in [0.2, 0.25) is 0 Å². The average molecular weight is 329 g/mol. The van der Waals surface area contributed by atoms with Crippen molar-refractivity contribution in [3.63, 3.8) is 0 Å². The van der Waals surface area contributed by atoms with Gasteiger partial charge in [0.1, 0.15) is 17.3 Å². The largest absolute Gasteiger partial charge is 0.376 e. The third-order valence-corrected chi connectivity index (χ3v) is 3.68. The summed E-state index contributed by atoms with van der Waals surface area (Å²) in [6.07, 6.45) is 0.615. The Morgan fingerprint density at radius 3 is 3.00 bits per heavy atom. The van der Waals surface area contributed by atoms with Gasteiger partial charge in [0.25, 0.3) is 5.91 Å². The Morgan fingerprint density at radius 2 is 2.12 bits per heavy atom. The molecule has 8 heteroatoms. The molecule has 0 aliphatic carbocycles. The van der Waals surface area contributed by atoms with E-state index in [9.17, 15) is 9.18 Å². The molecule has 7 nitrogen and oxygen atoms in total. The molecule has 1 N–H and O–H groups in total. The number of aromatic nitrogens is 2. The summed E-state index contributed by atoms with van der Waals surface area (Å²) in [6, 6.07) is 7.31. The Kier molecular flexibility index (Phi) is 3.58. The summed E-state index contributed by atoms with van der Waals surface area (Å²) < 4.78 is 28.8. The van der Waals surface area contributed by atoms with Gasteiger partial charge >= 0.3 is 0 Å². The molecule has 0 spiro atoms. The minimum atomic E-state index is -0.521. The topological polar surface area (TPSA) is 90.4 Å². The third kappa shape index (κ3) is 2.67. The van der Waals surface area contributed by atoms with Crippen LogP contribution in [0.4, 0.5) is 10.2 Å². The molecule has 0 radical (unpaired) electrons. The monoisotopic (exact) mass is 329 g/mol. The molecule has 1 aromatic carbocycles. The second-order valence-corrected chi connectivity index (χ2v) is 5.28. The fourth-order valence-corrected chi connectivity index (χ4v) is 2.46. The smallest absolute Gasteiger partial charge is 0.295 e. The zero-order valence-electron chi connectivity index (χ0n) is 12.4. The minimum absolute atomic E-state index is 0.0114. The standard InChI is InChI=1S/C16H12FN3O4/c17-10-3-1-2-9(6-10)12-7-14(24-19-12)16(21)18-15-11-8-22-5-4-13(11)23-20-15/h1-3,6-7H,4-5,8H2,(H,18,20,21). The lowest BCUT2D eigenvalue weighted by Gasteiger charge is -2.10. The lowest BCUT2D eigenvalue weighted by Crippen LogP contribution is -2.15. The molecule has 0 saturated carbocycles. The maximum atomic E-state index is 13.3. The predicted molar refractivity (Wildman–Crippen MR) is 79.7 cm³/mol. The normalized spacial score (nSPS) is 13.5. The number of carbonyl (C=O) groups is 1. The summed E-state index contributed by atoms with van der Waals surface area (Å²) in [5.41, 5.74) is 1.61. The van der Waals surface area contributed by atoms with Crippen molar-refractivity contribution in [3.05, 3.63) is 53.2 Å². The summed E-state index contributed by atoms with van der Waals surface area (Å²) >= 11 is 0. The van der Waals surface area contributed by atoms with E-state index in [4.69, 9.17) is 13.8 Å². The van der Waals surface area contributed by atoms with Crippen LogP contribution in [-0.2, 0) is 17.8 Å². The van der Waals surface area contributed by atoms with E-state index in [1.807, 2.05) is 0 Å². The molecule has 0 unspecified atom stereocenters. The molecular weight excluding hydrogens is 317 g/mol. The molecule has 24 heavy (non-hydrogen) atoms. The van der Waals surface area contributed by atoms with E-state index >= 15 is 0 Å². The number of hydrogen-bond acceptors (Lipinski definition) is 6. The number of benzene rings is 1. The van der Waals surface area contributed by atoms with Crippen LogP contribution in [0.15, 0.2) is 39.4 Å². The second-order valence-electron chi connectivity index (χ2n) is 5.28. The quantitative estimate of drug-likeness (QED) is 0.794. The van der Waals surface area contributed by atoms with Gasteiger partial charge in [0.05, 0.1) is 18.8 Å². The first-order chi connectivity index (χ1) is 11.7. The van der Waals surface area contributed by atoms with Crippen molar-refractivity contribution in [1.29, 1.82) is 0 Å². The van der Waals surface area contributed by atoms with Gasteiger partial charge in [-0.15, -0.1) is 0 Å². The number of nitrogens with zero attached hydrogens (tertiary/aromatic N) is 2. The molecule has 0 saturated heterocycles. The Labute approximate surface area is 135 Å². The van der Waals surface area contributed by atoms with Crippen LogP contribution in [0.5, 0.6) is 0 Å². The van der Waals surface area contributed by atoms with Crippen molar-refractivity contribution in [2.24, 2.45) is 0 Å². The fraction of sp³-hybridized carbons (Fsp3) is 0.188. The number of ether oxygens (including phenoxy) is 1. The van der Waals surface area contributed by atoms with Gasteiger partial charge in [0.2, 0.25) is 5.76 Å². The van der Waals surface area contributed by atoms with Crippen LogP contribution in [0, 0.1) is 5.82 Å². The van der Waals surface area contributed by atoms with E-state index in [1.54, 1.807) is 12.1 Å². The van der Waals surface area contributed by atoms with Gasteiger partial charge in [-0.2, -0.15) is 0 Å². The van der Waals surface area contributed by atoms with Crippen LogP contribution in [0.3, 0.4) is 0 Å². The first-order valence-corrected chi connectivity index (χ1v) is 7.30. The molecule has 122 valence electrons. The van der Waals surface area contributed by atoms with Gasteiger partial charge in [-0.1, -0.05) is 22.4 Å². The molecule has 0 bridgehead atoms. The third-order valence-electron chi connectivity index (χ3n) is 3.68.